The lowest BCUT2D eigenvalue weighted by Crippen LogP contribution is -2.35. The quantitative estimate of drug-likeness (QED) is 0.719. The van der Waals surface area contributed by atoms with Crippen molar-refractivity contribution in [3.63, 3.8) is 0 Å². The minimum absolute atomic E-state index is 0.459. The number of likely N-dealkylation sites (tertiary alicyclic amines) is 1. The van der Waals surface area contributed by atoms with Crippen LogP contribution in [-0.2, 0) is 20.1 Å². The molecule has 3 aromatic rings. The molecule has 5 nitrogen and oxygen atoms in total. The van der Waals surface area contributed by atoms with Crippen molar-refractivity contribution in [1.29, 1.82) is 0 Å². The van der Waals surface area contributed by atoms with Gasteiger partial charge in [-0.3, -0.25) is 4.90 Å². The molecule has 0 amide bonds. The fourth-order valence-corrected chi connectivity index (χ4v) is 3.78. The molecule has 0 aliphatic carbocycles. The third-order valence-electron chi connectivity index (χ3n) is 5.15. The minimum Gasteiger partial charge on any atom is -0.353 e. The Labute approximate surface area is 148 Å². The summed E-state index contributed by atoms with van der Waals surface area (Å²) in [5.41, 5.74) is 2.66. The van der Waals surface area contributed by atoms with Crippen LogP contribution in [0.5, 0.6) is 0 Å². The van der Waals surface area contributed by atoms with Gasteiger partial charge in [0.1, 0.15) is 12.2 Å². The minimum atomic E-state index is 0.459. The highest BCUT2D eigenvalue weighted by Gasteiger charge is 2.25. The molecule has 1 fully saturated rings. The average Bonchev–Trinajstić information content (AvgIpc) is 3.26. The molecule has 1 atom stereocenters. The Balaban J connectivity index is 1.47. The monoisotopic (exact) mass is 335 g/mol. The van der Waals surface area contributed by atoms with Gasteiger partial charge in [0.25, 0.3) is 0 Å². The molecule has 0 bridgehead atoms. The maximum Gasteiger partial charge on any atom is 0.137 e. The van der Waals surface area contributed by atoms with Gasteiger partial charge in [-0.2, -0.15) is 0 Å². The van der Waals surface area contributed by atoms with Crippen LogP contribution < -0.4 is 0 Å². The number of hydrogen-bond donors (Lipinski definition) is 0. The zero-order valence-corrected chi connectivity index (χ0v) is 14.8. The Morgan fingerprint density at radius 1 is 1.08 bits per heavy atom. The fraction of sp³-hybridized carbons (Fsp3) is 0.400. The van der Waals surface area contributed by atoms with E-state index in [-0.39, 0.29) is 0 Å². The summed E-state index contributed by atoms with van der Waals surface area (Å²) in [6.45, 7) is 4.07. The predicted octanol–water partition coefficient (Wildman–Crippen LogP) is 3.04. The van der Waals surface area contributed by atoms with E-state index >= 15 is 0 Å². The number of aromatic nitrogens is 4. The highest BCUT2D eigenvalue weighted by molar-refractivity contribution is 5.16. The van der Waals surface area contributed by atoms with Gasteiger partial charge in [0.2, 0.25) is 0 Å². The van der Waals surface area contributed by atoms with Gasteiger partial charge < -0.3 is 9.13 Å². The first kappa shape index (κ1) is 16.1. The summed E-state index contributed by atoms with van der Waals surface area (Å²) in [4.78, 5) is 2.55. The smallest absolute Gasteiger partial charge is 0.137 e. The molecule has 4 rings (SSSR count). The first-order valence-corrected chi connectivity index (χ1v) is 9.04. The second kappa shape index (κ2) is 7.23. The molecular weight excluding hydrogens is 310 g/mol. The standard InChI is InChI=1S/C20H25N5/c1-23-11-6-10-19(23)15-24-12-5-9-18(14-24)20-22-21-16-25(20)13-17-7-3-2-4-8-17/h2-4,6-8,10-11,16,18H,5,9,12-15H2,1H3. The van der Waals surface area contributed by atoms with Gasteiger partial charge in [-0.25, -0.2) is 0 Å². The van der Waals surface area contributed by atoms with Crippen molar-refractivity contribution in [2.24, 2.45) is 7.05 Å². The molecule has 1 saturated heterocycles. The summed E-state index contributed by atoms with van der Waals surface area (Å²) in [6.07, 6.45) is 6.40. The highest BCUT2D eigenvalue weighted by atomic mass is 15.3. The first-order chi connectivity index (χ1) is 12.3. The van der Waals surface area contributed by atoms with Crippen molar-refractivity contribution < 1.29 is 0 Å². The maximum absolute atomic E-state index is 4.47. The lowest BCUT2D eigenvalue weighted by Gasteiger charge is -2.32. The summed E-state index contributed by atoms with van der Waals surface area (Å²) in [5.74, 6) is 1.58. The molecule has 1 aliphatic rings. The number of benzene rings is 1. The Morgan fingerprint density at radius 2 is 1.96 bits per heavy atom. The summed E-state index contributed by atoms with van der Waals surface area (Å²) in [5, 5.41) is 8.66. The molecule has 0 saturated carbocycles. The van der Waals surface area contributed by atoms with Gasteiger partial charge in [-0.1, -0.05) is 30.3 Å². The van der Waals surface area contributed by atoms with Crippen molar-refractivity contribution in [3.8, 4) is 0 Å². The summed E-state index contributed by atoms with van der Waals surface area (Å²) in [7, 11) is 2.12. The SMILES string of the molecule is Cn1cccc1CN1CCCC(c2nncn2Cc2ccccc2)C1. The molecule has 130 valence electrons. The molecule has 2 aromatic heterocycles. The van der Waals surface area contributed by atoms with Crippen LogP contribution in [0.4, 0.5) is 0 Å². The molecule has 0 spiro atoms. The molecule has 0 radical (unpaired) electrons. The summed E-state index contributed by atoms with van der Waals surface area (Å²) < 4.78 is 4.42. The van der Waals surface area contributed by atoms with Crippen LogP contribution in [0.2, 0.25) is 0 Å². The Hall–Kier alpha value is -2.40. The maximum atomic E-state index is 4.47. The third-order valence-corrected chi connectivity index (χ3v) is 5.15. The molecule has 5 heteroatoms. The van der Waals surface area contributed by atoms with Crippen LogP contribution in [0.3, 0.4) is 0 Å². The summed E-state index contributed by atoms with van der Waals surface area (Å²) in [6, 6.07) is 14.9. The third kappa shape index (κ3) is 3.66. The topological polar surface area (TPSA) is 38.9 Å². The van der Waals surface area contributed by atoms with Crippen LogP contribution in [0.15, 0.2) is 55.0 Å². The fourth-order valence-electron chi connectivity index (χ4n) is 3.78. The van der Waals surface area contributed by atoms with Crippen LogP contribution in [0, 0.1) is 0 Å². The normalized spacial score (nSPS) is 18.5. The predicted molar refractivity (Wildman–Crippen MR) is 98.2 cm³/mol. The van der Waals surface area contributed by atoms with Gasteiger partial charge in [0.05, 0.1) is 6.54 Å². The summed E-state index contributed by atoms with van der Waals surface area (Å²) >= 11 is 0. The van der Waals surface area contributed by atoms with Crippen molar-refractivity contribution in [3.05, 3.63) is 72.1 Å². The largest absolute Gasteiger partial charge is 0.353 e. The van der Waals surface area contributed by atoms with E-state index in [1.54, 1.807) is 0 Å². The first-order valence-electron chi connectivity index (χ1n) is 9.04. The van der Waals surface area contributed by atoms with E-state index in [0.29, 0.717) is 5.92 Å². The number of nitrogens with zero attached hydrogens (tertiary/aromatic N) is 5. The molecule has 0 N–H and O–H groups in total. The van der Waals surface area contributed by atoms with Gasteiger partial charge >= 0.3 is 0 Å². The van der Waals surface area contributed by atoms with Crippen LogP contribution in [-0.4, -0.2) is 37.3 Å². The van der Waals surface area contributed by atoms with E-state index in [4.69, 9.17) is 0 Å². The van der Waals surface area contributed by atoms with Gasteiger partial charge in [-0.15, -0.1) is 10.2 Å². The van der Waals surface area contributed by atoms with E-state index in [1.165, 1.54) is 24.1 Å². The van der Waals surface area contributed by atoms with Crippen molar-refractivity contribution in [2.75, 3.05) is 13.1 Å². The Morgan fingerprint density at radius 3 is 2.76 bits per heavy atom. The zero-order valence-electron chi connectivity index (χ0n) is 14.8. The van der Waals surface area contributed by atoms with Gasteiger partial charge in [0.15, 0.2) is 0 Å². The molecule has 1 unspecified atom stereocenters. The van der Waals surface area contributed by atoms with Crippen molar-refractivity contribution in [1.82, 2.24) is 24.2 Å². The molecule has 1 aliphatic heterocycles. The van der Waals surface area contributed by atoms with Crippen molar-refractivity contribution in [2.45, 2.75) is 31.8 Å². The molecule has 25 heavy (non-hydrogen) atoms. The molecule has 3 heterocycles. The van der Waals surface area contributed by atoms with E-state index in [1.807, 2.05) is 6.33 Å². The molecular formula is C20H25N5. The Kier molecular flexibility index (Phi) is 4.65. The number of hydrogen-bond acceptors (Lipinski definition) is 3. The lowest BCUT2D eigenvalue weighted by molar-refractivity contribution is 0.191. The lowest BCUT2D eigenvalue weighted by atomic mass is 9.97. The Bertz CT molecular complexity index is 804. The van der Waals surface area contributed by atoms with E-state index < -0.39 is 0 Å². The van der Waals surface area contributed by atoms with Gasteiger partial charge in [0, 0.05) is 37.9 Å². The van der Waals surface area contributed by atoms with Crippen LogP contribution in [0.25, 0.3) is 0 Å². The zero-order chi connectivity index (χ0) is 17.1. The molecule has 1 aromatic carbocycles. The second-order valence-electron chi connectivity index (χ2n) is 6.99. The van der Waals surface area contributed by atoms with E-state index in [9.17, 15) is 0 Å². The van der Waals surface area contributed by atoms with Gasteiger partial charge in [-0.05, 0) is 37.1 Å². The number of aryl methyl sites for hydroxylation is 1. The number of piperidine rings is 1. The van der Waals surface area contributed by atoms with E-state index in [0.717, 1.165) is 32.0 Å². The average molecular weight is 335 g/mol. The van der Waals surface area contributed by atoms with Crippen molar-refractivity contribution >= 4 is 0 Å². The van der Waals surface area contributed by atoms with Crippen LogP contribution >= 0.6 is 0 Å². The highest BCUT2D eigenvalue weighted by Crippen LogP contribution is 2.26. The van der Waals surface area contributed by atoms with E-state index in [2.05, 4.69) is 79.9 Å². The second-order valence-corrected chi connectivity index (χ2v) is 6.99. The van der Waals surface area contributed by atoms with Crippen LogP contribution in [0.1, 0.15) is 35.8 Å². The number of rotatable bonds is 5.